The Bertz CT molecular complexity index is 653. The lowest BCUT2D eigenvalue weighted by Crippen LogP contribution is -2.04. The first-order chi connectivity index (χ1) is 10.1. The van der Waals surface area contributed by atoms with Crippen LogP contribution in [0, 0.1) is 5.82 Å². The number of carbonyl (C=O) groups excluding carboxylic acids is 1. The van der Waals surface area contributed by atoms with E-state index >= 15 is 0 Å². The summed E-state index contributed by atoms with van der Waals surface area (Å²) in [5.74, 6) is -0.995. The third kappa shape index (κ3) is 3.03. The number of carbonyl (C=O) groups is 1. The van der Waals surface area contributed by atoms with Crippen LogP contribution in [0.3, 0.4) is 0 Å². The van der Waals surface area contributed by atoms with Gasteiger partial charge in [-0.2, -0.15) is 0 Å². The number of methoxy groups -OCH3 is 3. The van der Waals surface area contributed by atoms with E-state index < -0.39 is 11.8 Å². The molecule has 1 aromatic carbocycles. The fourth-order valence-corrected chi connectivity index (χ4v) is 1.75. The molecular weight excluding hydrogens is 281 g/mol. The van der Waals surface area contributed by atoms with E-state index in [9.17, 15) is 9.18 Å². The van der Waals surface area contributed by atoms with Crippen molar-refractivity contribution in [1.82, 2.24) is 4.98 Å². The maximum absolute atomic E-state index is 13.4. The molecule has 21 heavy (non-hydrogen) atoms. The molecule has 0 saturated carbocycles. The Morgan fingerprint density at radius 3 is 2.71 bits per heavy atom. The molecular formula is C14H14FNO5. The molecule has 6 nitrogen and oxygen atoms in total. The summed E-state index contributed by atoms with van der Waals surface area (Å²) in [7, 11) is 4.06. The minimum atomic E-state index is -0.658. The van der Waals surface area contributed by atoms with Crippen molar-refractivity contribution < 1.29 is 27.8 Å². The number of hydrogen-bond donors (Lipinski definition) is 0. The number of esters is 1. The van der Waals surface area contributed by atoms with E-state index in [4.69, 9.17) is 13.9 Å². The van der Waals surface area contributed by atoms with Gasteiger partial charge in [-0.25, -0.2) is 14.2 Å². The topological polar surface area (TPSA) is 70.8 Å². The van der Waals surface area contributed by atoms with E-state index in [0.717, 1.165) is 0 Å². The lowest BCUT2D eigenvalue weighted by atomic mass is 10.2. The fourth-order valence-electron chi connectivity index (χ4n) is 1.75. The molecule has 0 atom stereocenters. The van der Waals surface area contributed by atoms with Crippen LogP contribution in [0.1, 0.15) is 16.2 Å². The van der Waals surface area contributed by atoms with Gasteiger partial charge in [0.05, 0.1) is 20.8 Å². The summed E-state index contributed by atoms with van der Waals surface area (Å²) >= 11 is 0. The third-order valence-electron chi connectivity index (χ3n) is 2.75. The molecule has 1 heterocycles. The van der Waals surface area contributed by atoms with Crippen LogP contribution >= 0.6 is 0 Å². The van der Waals surface area contributed by atoms with Crippen molar-refractivity contribution in [3.8, 4) is 17.2 Å². The highest BCUT2D eigenvalue weighted by molar-refractivity contribution is 5.87. The molecule has 0 aliphatic rings. The lowest BCUT2D eigenvalue weighted by Gasteiger charge is -2.02. The van der Waals surface area contributed by atoms with Crippen LogP contribution in [0.5, 0.6) is 5.75 Å². The van der Waals surface area contributed by atoms with Gasteiger partial charge < -0.3 is 18.6 Å². The van der Waals surface area contributed by atoms with Crippen molar-refractivity contribution in [2.45, 2.75) is 6.61 Å². The second kappa shape index (κ2) is 6.36. The minimum absolute atomic E-state index is 0.0439. The normalized spacial score (nSPS) is 10.5. The number of hydrogen-bond acceptors (Lipinski definition) is 6. The first kappa shape index (κ1) is 15.0. The first-order valence-electron chi connectivity index (χ1n) is 6.01. The zero-order valence-corrected chi connectivity index (χ0v) is 11.8. The fraction of sp³-hybridized carbons (Fsp3) is 0.286. The van der Waals surface area contributed by atoms with Crippen molar-refractivity contribution in [2.75, 3.05) is 21.3 Å². The second-order valence-corrected chi connectivity index (χ2v) is 4.07. The average molecular weight is 295 g/mol. The number of rotatable bonds is 5. The molecule has 0 bridgehead atoms. The van der Waals surface area contributed by atoms with E-state index in [-0.39, 0.29) is 24.0 Å². The Kier molecular flexibility index (Phi) is 4.54. The van der Waals surface area contributed by atoms with Gasteiger partial charge >= 0.3 is 5.97 Å². The van der Waals surface area contributed by atoms with Crippen molar-refractivity contribution in [3.63, 3.8) is 0 Å². The predicted molar refractivity (Wildman–Crippen MR) is 70.5 cm³/mol. The number of nitrogens with zero attached hydrogens (tertiary/aromatic N) is 1. The van der Waals surface area contributed by atoms with Gasteiger partial charge in [0.15, 0.2) is 11.6 Å². The largest absolute Gasteiger partial charge is 0.494 e. The molecule has 0 N–H and O–H groups in total. The molecule has 0 saturated heterocycles. The van der Waals surface area contributed by atoms with Crippen LogP contribution < -0.4 is 4.74 Å². The Morgan fingerprint density at radius 2 is 2.10 bits per heavy atom. The molecule has 0 fully saturated rings. The highest BCUT2D eigenvalue weighted by Gasteiger charge is 2.22. The minimum Gasteiger partial charge on any atom is -0.494 e. The molecule has 2 aromatic rings. The lowest BCUT2D eigenvalue weighted by molar-refractivity contribution is 0.0559. The van der Waals surface area contributed by atoms with Crippen LogP contribution in [0.15, 0.2) is 22.6 Å². The van der Waals surface area contributed by atoms with Crippen LogP contribution in [0.4, 0.5) is 4.39 Å². The summed E-state index contributed by atoms with van der Waals surface area (Å²) in [5.41, 5.74) is 0.781. The van der Waals surface area contributed by atoms with Gasteiger partial charge in [-0.1, -0.05) is 0 Å². The number of ether oxygens (including phenoxy) is 3. The number of halogens is 1. The number of benzene rings is 1. The van der Waals surface area contributed by atoms with Crippen LogP contribution in [0.2, 0.25) is 0 Å². The highest BCUT2D eigenvalue weighted by Crippen LogP contribution is 2.28. The number of aromatic nitrogens is 1. The molecule has 0 spiro atoms. The molecule has 0 unspecified atom stereocenters. The smallest absolute Gasteiger partial charge is 0.376 e. The van der Waals surface area contributed by atoms with E-state index in [0.29, 0.717) is 11.3 Å². The zero-order valence-electron chi connectivity index (χ0n) is 11.8. The first-order valence-corrected chi connectivity index (χ1v) is 6.01. The monoisotopic (exact) mass is 295 g/mol. The quantitative estimate of drug-likeness (QED) is 0.789. The molecule has 112 valence electrons. The molecule has 0 radical (unpaired) electrons. The van der Waals surface area contributed by atoms with E-state index in [2.05, 4.69) is 9.72 Å². The summed E-state index contributed by atoms with van der Waals surface area (Å²) in [6, 6.07) is 4.13. The Labute approximate surface area is 120 Å². The SMILES string of the molecule is COCc1nc(-c2ccc(F)c(OC)c2)oc1C(=O)OC. The van der Waals surface area contributed by atoms with Crippen molar-refractivity contribution in [1.29, 1.82) is 0 Å². The van der Waals surface area contributed by atoms with Gasteiger partial charge in [-0.3, -0.25) is 0 Å². The Morgan fingerprint density at radius 1 is 1.33 bits per heavy atom. The van der Waals surface area contributed by atoms with E-state index in [1.165, 1.54) is 39.5 Å². The zero-order chi connectivity index (χ0) is 15.4. The van der Waals surface area contributed by atoms with Crippen LogP contribution in [-0.2, 0) is 16.1 Å². The summed E-state index contributed by atoms with van der Waals surface area (Å²) in [5, 5.41) is 0. The average Bonchev–Trinajstić information content (AvgIpc) is 2.91. The summed E-state index contributed by atoms with van der Waals surface area (Å²) < 4.78 is 33.3. The standard InChI is InChI=1S/C14H14FNO5/c1-18-7-10-12(14(17)20-3)21-13(16-10)8-4-5-9(15)11(6-8)19-2/h4-6H,7H2,1-3H3. The van der Waals surface area contributed by atoms with E-state index in [1.54, 1.807) is 0 Å². The van der Waals surface area contributed by atoms with Gasteiger partial charge in [-0.15, -0.1) is 0 Å². The molecule has 0 amide bonds. The Balaban J connectivity index is 2.46. The summed E-state index contributed by atoms with van der Waals surface area (Å²) in [4.78, 5) is 15.8. The Hall–Kier alpha value is -2.41. The van der Waals surface area contributed by atoms with Gasteiger partial charge in [0.1, 0.15) is 5.69 Å². The highest BCUT2D eigenvalue weighted by atomic mass is 19.1. The van der Waals surface area contributed by atoms with Gasteiger partial charge in [0.25, 0.3) is 0 Å². The van der Waals surface area contributed by atoms with Crippen LogP contribution in [-0.4, -0.2) is 32.3 Å². The van der Waals surface area contributed by atoms with Gasteiger partial charge in [-0.05, 0) is 18.2 Å². The number of oxazole rings is 1. The molecule has 7 heteroatoms. The van der Waals surface area contributed by atoms with Gasteiger partial charge in [0, 0.05) is 12.7 Å². The molecule has 2 rings (SSSR count). The van der Waals surface area contributed by atoms with E-state index in [1.807, 2.05) is 0 Å². The second-order valence-electron chi connectivity index (χ2n) is 4.07. The maximum Gasteiger partial charge on any atom is 0.376 e. The summed E-state index contributed by atoms with van der Waals surface area (Å²) in [6.45, 7) is 0.0895. The molecule has 0 aliphatic carbocycles. The molecule has 0 aliphatic heterocycles. The van der Waals surface area contributed by atoms with Crippen molar-refractivity contribution >= 4 is 5.97 Å². The van der Waals surface area contributed by atoms with Crippen molar-refractivity contribution in [3.05, 3.63) is 35.5 Å². The van der Waals surface area contributed by atoms with Crippen molar-refractivity contribution in [2.24, 2.45) is 0 Å². The van der Waals surface area contributed by atoms with Gasteiger partial charge in [0.2, 0.25) is 11.7 Å². The summed E-state index contributed by atoms with van der Waals surface area (Å²) in [6.07, 6.45) is 0. The third-order valence-corrected chi connectivity index (χ3v) is 2.75. The predicted octanol–water partition coefficient (Wildman–Crippen LogP) is 2.42. The molecule has 1 aromatic heterocycles. The van der Waals surface area contributed by atoms with Crippen LogP contribution in [0.25, 0.3) is 11.5 Å². The maximum atomic E-state index is 13.4.